The molecule has 0 saturated heterocycles. The van der Waals surface area contributed by atoms with Gasteiger partial charge in [0.15, 0.2) is 11.6 Å². The van der Waals surface area contributed by atoms with Crippen molar-refractivity contribution in [2.24, 2.45) is 7.05 Å². The molecule has 0 fully saturated rings. The molecular formula is C20H15F2N5O3S2. The van der Waals surface area contributed by atoms with Gasteiger partial charge < -0.3 is 5.32 Å². The van der Waals surface area contributed by atoms with Crippen LogP contribution >= 0.6 is 11.3 Å². The Morgan fingerprint density at radius 3 is 2.44 bits per heavy atom. The lowest BCUT2D eigenvalue weighted by atomic mass is 10.3. The van der Waals surface area contributed by atoms with E-state index in [-0.39, 0.29) is 11.4 Å². The highest BCUT2D eigenvalue weighted by Crippen LogP contribution is 2.24. The number of aryl methyl sites for hydroxylation is 1. The molecule has 2 N–H and O–H groups in total. The average molecular weight is 476 g/mol. The lowest BCUT2D eigenvalue weighted by Crippen LogP contribution is -2.14. The smallest absolute Gasteiger partial charge is 0.275 e. The Labute approximate surface area is 185 Å². The van der Waals surface area contributed by atoms with Crippen molar-refractivity contribution in [1.29, 1.82) is 0 Å². The Morgan fingerprint density at radius 1 is 1.06 bits per heavy atom. The number of hydrogen-bond donors (Lipinski definition) is 2. The first-order chi connectivity index (χ1) is 15.2. The maximum atomic E-state index is 13.3. The van der Waals surface area contributed by atoms with Gasteiger partial charge in [-0.3, -0.25) is 14.2 Å². The van der Waals surface area contributed by atoms with Crippen molar-refractivity contribution in [2.45, 2.75) is 4.90 Å². The molecule has 2 aromatic heterocycles. The highest BCUT2D eigenvalue weighted by Gasteiger charge is 2.17. The second-order valence-electron chi connectivity index (χ2n) is 6.65. The molecular weight excluding hydrogens is 460 g/mol. The molecule has 0 radical (unpaired) electrons. The van der Waals surface area contributed by atoms with Crippen LogP contribution in [0.1, 0.15) is 10.5 Å². The van der Waals surface area contributed by atoms with Gasteiger partial charge in [0, 0.05) is 35.6 Å². The first-order valence-electron chi connectivity index (χ1n) is 9.05. The molecule has 8 nitrogen and oxygen atoms in total. The van der Waals surface area contributed by atoms with Gasteiger partial charge in [0.05, 0.1) is 11.1 Å². The summed E-state index contributed by atoms with van der Waals surface area (Å²) in [6, 6.07) is 8.14. The highest BCUT2D eigenvalue weighted by atomic mass is 32.2. The third-order valence-electron chi connectivity index (χ3n) is 4.29. The van der Waals surface area contributed by atoms with Gasteiger partial charge in [-0.25, -0.2) is 22.2 Å². The third kappa shape index (κ3) is 4.65. The van der Waals surface area contributed by atoms with Crippen LogP contribution in [-0.2, 0) is 17.1 Å². The molecule has 4 aromatic rings. The highest BCUT2D eigenvalue weighted by molar-refractivity contribution is 7.92. The van der Waals surface area contributed by atoms with Gasteiger partial charge in [0.2, 0.25) is 0 Å². The molecule has 0 aliphatic heterocycles. The summed E-state index contributed by atoms with van der Waals surface area (Å²) in [4.78, 5) is 16.3. The van der Waals surface area contributed by atoms with Crippen molar-refractivity contribution < 1.29 is 22.0 Å². The van der Waals surface area contributed by atoms with Crippen LogP contribution in [0.15, 0.2) is 65.1 Å². The van der Waals surface area contributed by atoms with E-state index in [4.69, 9.17) is 0 Å². The summed E-state index contributed by atoms with van der Waals surface area (Å²) >= 11 is 1.31. The molecule has 2 heterocycles. The number of amides is 1. The van der Waals surface area contributed by atoms with Gasteiger partial charge in [0.25, 0.3) is 15.9 Å². The van der Waals surface area contributed by atoms with Gasteiger partial charge in [0.1, 0.15) is 10.7 Å². The number of sulfonamides is 1. The van der Waals surface area contributed by atoms with Crippen LogP contribution in [0.3, 0.4) is 0 Å². The molecule has 0 aliphatic rings. The van der Waals surface area contributed by atoms with E-state index in [1.165, 1.54) is 35.6 Å². The molecule has 0 aliphatic carbocycles. The first-order valence-corrected chi connectivity index (χ1v) is 11.4. The van der Waals surface area contributed by atoms with E-state index in [0.717, 1.165) is 17.7 Å². The van der Waals surface area contributed by atoms with E-state index < -0.39 is 32.5 Å². The second kappa shape index (κ2) is 8.48. The number of aromatic nitrogens is 3. The summed E-state index contributed by atoms with van der Waals surface area (Å²) in [6.45, 7) is 0. The summed E-state index contributed by atoms with van der Waals surface area (Å²) in [7, 11) is -2.33. The Hall–Kier alpha value is -3.64. The zero-order chi connectivity index (χ0) is 22.9. The molecule has 0 spiro atoms. The van der Waals surface area contributed by atoms with Crippen LogP contribution in [0.4, 0.5) is 20.2 Å². The number of carbonyl (C=O) groups is 1. The van der Waals surface area contributed by atoms with E-state index in [0.29, 0.717) is 16.8 Å². The van der Waals surface area contributed by atoms with Gasteiger partial charge in [-0.2, -0.15) is 5.10 Å². The molecule has 1 amide bonds. The zero-order valence-electron chi connectivity index (χ0n) is 16.4. The Bertz CT molecular complexity index is 1400. The fraction of sp³-hybridized carbons (Fsp3) is 0.0500. The zero-order valence-corrected chi connectivity index (χ0v) is 18.0. The van der Waals surface area contributed by atoms with Gasteiger partial charge >= 0.3 is 0 Å². The molecule has 0 atom stereocenters. The summed E-state index contributed by atoms with van der Waals surface area (Å²) in [6.07, 6.45) is 3.45. The summed E-state index contributed by atoms with van der Waals surface area (Å²) < 4.78 is 55.0. The standard InChI is InChI=1S/C20H15F2N5O3S2/c1-27-10-12(9-23-27)20-25-18(11-31-20)19(28)24-13-2-4-14(5-3-13)26-32(29,30)15-6-7-16(21)17(22)8-15/h2-11,26H,1H3,(H,24,28). The predicted molar refractivity (Wildman–Crippen MR) is 116 cm³/mol. The molecule has 4 rings (SSSR count). The number of benzene rings is 2. The van der Waals surface area contributed by atoms with Gasteiger partial charge in [-0.1, -0.05) is 0 Å². The summed E-state index contributed by atoms with van der Waals surface area (Å²) in [5.41, 5.74) is 1.63. The number of rotatable bonds is 6. The molecule has 0 bridgehead atoms. The molecule has 32 heavy (non-hydrogen) atoms. The lowest BCUT2D eigenvalue weighted by molar-refractivity contribution is 0.102. The molecule has 0 saturated carbocycles. The predicted octanol–water partition coefficient (Wildman–Crippen LogP) is 3.87. The number of hydrogen-bond acceptors (Lipinski definition) is 6. The average Bonchev–Trinajstić information content (AvgIpc) is 3.40. The monoisotopic (exact) mass is 475 g/mol. The number of halogens is 2. The fourth-order valence-electron chi connectivity index (χ4n) is 2.72. The van der Waals surface area contributed by atoms with E-state index in [9.17, 15) is 22.0 Å². The minimum absolute atomic E-state index is 0.181. The van der Waals surface area contributed by atoms with E-state index in [1.54, 1.807) is 29.5 Å². The Balaban J connectivity index is 1.43. The van der Waals surface area contributed by atoms with Crippen LogP contribution in [0, 0.1) is 11.6 Å². The van der Waals surface area contributed by atoms with Crippen LogP contribution in [0.5, 0.6) is 0 Å². The maximum absolute atomic E-state index is 13.3. The molecule has 164 valence electrons. The normalized spacial score (nSPS) is 11.3. The van der Waals surface area contributed by atoms with Gasteiger partial charge in [-0.05, 0) is 42.5 Å². The second-order valence-corrected chi connectivity index (χ2v) is 9.19. The number of anilines is 2. The SMILES string of the molecule is Cn1cc(-c2nc(C(=O)Nc3ccc(NS(=O)(=O)c4ccc(F)c(F)c4)cc3)cs2)cn1. The van der Waals surface area contributed by atoms with Crippen molar-refractivity contribution in [3.63, 3.8) is 0 Å². The first kappa shape index (κ1) is 21.6. The number of carbonyl (C=O) groups excluding carboxylic acids is 1. The maximum Gasteiger partial charge on any atom is 0.275 e. The van der Waals surface area contributed by atoms with E-state index >= 15 is 0 Å². The van der Waals surface area contributed by atoms with Gasteiger partial charge in [-0.15, -0.1) is 11.3 Å². The van der Waals surface area contributed by atoms with Crippen molar-refractivity contribution in [2.75, 3.05) is 10.0 Å². The van der Waals surface area contributed by atoms with Crippen LogP contribution in [-0.4, -0.2) is 29.1 Å². The minimum Gasteiger partial charge on any atom is -0.321 e. The largest absolute Gasteiger partial charge is 0.321 e. The van der Waals surface area contributed by atoms with Crippen molar-refractivity contribution in [1.82, 2.24) is 14.8 Å². The van der Waals surface area contributed by atoms with Crippen LogP contribution < -0.4 is 10.0 Å². The summed E-state index contributed by atoms with van der Waals surface area (Å²) in [5, 5.41) is 9.04. The summed E-state index contributed by atoms with van der Waals surface area (Å²) in [5.74, 6) is -2.83. The van der Waals surface area contributed by atoms with Crippen molar-refractivity contribution >= 4 is 38.6 Å². The Kier molecular flexibility index (Phi) is 5.72. The van der Waals surface area contributed by atoms with Crippen molar-refractivity contribution in [3.05, 3.63) is 77.6 Å². The topological polar surface area (TPSA) is 106 Å². The quantitative estimate of drug-likeness (QED) is 0.440. The minimum atomic E-state index is -4.11. The van der Waals surface area contributed by atoms with Crippen LogP contribution in [0.2, 0.25) is 0 Å². The number of nitrogens with one attached hydrogen (secondary N) is 2. The van der Waals surface area contributed by atoms with E-state index in [2.05, 4.69) is 20.1 Å². The molecule has 12 heteroatoms. The van der Waals surface area contributed by atoms with Crippen molar-refractivity contribution in [3.8, 4) is 10.6 Å². The fourth-order valence-corrected chi connectivity index (χ4v) is 4.56. The third-order valence-corrected chi connectivity index (χ3v) is 6.56. The number of thiazole rings is 1. The van der Waals surface area contributed by atoms with Crippen LogP contribution in [0.25, 0.3) is 10.6 Å². The Morgan fingerprint density at radius 2 is 1.78 bits per heavy atom. The lowest BCUT2D eigenvalue weighted by Gasteiger charge is -2.09. The van der Waals surface area contributed by atoms with E-state index in [1.807, 2.05) is 0 Å². The molecule has 2 aromatic carbocycles. The molecule has 0 unspecified atom stereocenters. The number of nitrogens with zero attached hydrogens (tertiary/aromatic N) is 3.